The van der Waals surface area contributed by atoms with E-state index in [4.69, 9.17) is 14.2 Å². The SMILES string of the molecule is COc1cc(OCC(=O)NCCc2nc3ccccc3[nH]2)c(C(C)=O)cc1OC. The molecule has 3 rings (SSSR count). The predicted octanol–water partition coefficient (Wildman–Crippen LogP) is 2.52. The number of ether oxygens (including phenoxy) is 3. The molecule has 2 aromatic carbocycles. The molecule has 0 bridgehead atoms. The Labute approximate surface area is 168 Å². The number of rotatable bonds is 9. The molecule has 0 atom stereocenters. The van der Waals surface area contributed by atoms with Gasteiger partial charge in [0.2, 0.25) is 0 Å². The number of nitrogens with one attached hydrogen (secondary N) is 2. The van der Waals surface area contributed by atoms with Crippen LogP contribution < -0.4 is 19.5 Å². The second kappa shape index (κ2) is 9.09. The summed E-state index contributed by atoms with van der Waals surface area (Å²) in [5, 5.41) is 2.78. The highest BCUT2D eigenvalue weighted by Crippen LogP contribution is 2.34. The van der Waals surface area contributed by atoms with E-state index in [0.29, 0.717) is 30.0 Å². The second-order valence-corrected chi connectivity index (χ2v) is 6.35. The van der Waals surface area contributed by atoms with Crippen LogP contribution in [0.2, 0.25) is 0 Å². The lowest BCUT2D eigenvalue weighted by molar-refractivity contribution is -0.123. The van der Waals surface area contributed by atoms with Crippen LogP contribution in [0, 0.1) is 0 Å². The lowest BCUT2D eigenvalue weighted by atomic mass is 10.1. The number of aromatic nitrogens is 2. The maximum absolute atomic E-state index is 12.1. The maximum Gasteiger partial charge on any atom is 0.257 e. The molecule has 0 aliphatic carbocycles. The van der Waals surface area contributed by atoms with Gasteiger partial charge in [-0.3, -0.25) is 9.59 Å². The summed E-state index contributed by atoms with van der Waals surface area (Å²) in [4.78, 5) is 31.7. The molecule has 0 aliphatic rings. The Morgan fingerprint density at radius 1 is 1.07 bits per heavy atom. The van der Waals surface area contributed by atoms with Crippen LogP contribution in [0.1, 0.15) is 23.1 Å². The molecule has 0 spiro atoms. The third-order valence-electron chi connectivity index (χ3n) is 4.35. The molecule has 0 saturated carbocycles. The molecule has 8 nitrogen and oxygen atoms in total. The Kier molecular flexibility index (Phi) is 6.33. The fourth-order valence-corrected chi connectivity index (χ4v) is 2.89. The molecule has 0 fully saturated rings. The fourth-order valence-electron chi connectivity index (χ4n) is 2.89. The van der Waals surface area contributed by atoms with Crippen LogP contribution >= 0.6 is 0 Å². The summed E-state index contributed by atoms with van der Waals surface area (Å²) in [6.07, 6.45) is 0.565. The smallest absolute Gasteiger partial charge is 0.257 e. The number of benzene rings is 2. The highest BCUT2D eigenvalue weighted by Gasteiger charge is 2.16. The Bertz CT molecular complexity index is 995. The van der Waals surface area contributed by atoms with Gasteiger partial charge < -0.3 is 24.5 Å². The van der Waals surface area contributed by atoms with Crippen LogP contribution in [0.25, 0.3) is 11.0 Å². The van der Waals surface area contributed by atoms with Gasteiger partial charge in [0.05, 0.1) is 30.8 Å². The van der Waals surface area contributed by atoms with Crippen molar-refractivity contribution in [3.05, 3.63) is 47.8 Å². The third kappa shape index (κ3) is 4.84. The zero-order valence-electron chi connectivity index (χ0n) is 16.6. The molecule has 8 heteroatoms. The minimum absolute atomic E-state index is 0.203. The molecule has 29 heavy (non-hydrogen) atoms. The van der Waals surface area contributed by atoms with Crippen LogP contribution in [-0.4, -0.2) is 49.0 Å². The van der Waals surface area contributed by atoms with Crippen molar-refractivity contribution in [2.45, 2.75) is 13.3 Å². The third-order valence-corrected chi connectivity index (χ3v) is 4.35. The molecule has 0 radical (unpaired) electrons. The van der Waals surface area contributed by atoms with Gasteiger partial charge in [-0.15, -0.1) is 0 Å². The van der Waals surface area contributed by atoms with Gasteiger partial charge in [0.25, 0.3) is 5.91 Å². The largest absolute Gasteiger partial charge is 0.493 e. The van der Waals surface area contributed by atoms with E-state index in [1.807, 2.05) is 24.3 Å². The number of fused-ring (bicyclic) bond motifs is 1. The van der Waals surface area contributed by atoms with Crippen molar-refractivity contribution >= 4 is 22.7 Å². The first kappa shape index (κ1) is 20.2. The van der Waals surface area contributed by atoms with E-state index in [-0.39, 0.29) is 24.0 Å². The quantitative estimate of drug-likeness (QED) is 0.538. The summed E-state index contributed by atoms with van der Waals surface area (Å²) in [5.41, 5.74) is 2.17. The van der Waals surface area contributed by atoms with E-state index in [0.717, 1.165) is 16.9 Å². The Balaban J connectivity index is 1.56. The number of imidazole rings is 1. The van der Waals surface area contributed by atoms with E-state index < -0.39 is 0 Å². The highest BCUT2D eigenvalue weighted by atomic mass is 16.5. The first-order valence-corrected chi connectivity index (χ1v) is 9.12. The van der Waals surface area contributed by atoms with Crippen molar-refractivity contribution in [3.8, 4) is 17.2 Å². The van der Waals surface area contributed by atoms with E-state index in [2.05, 4.69) is 15.3 Å². The number of nitrogens with zero attached hydrogens (tertiary/aromatic N) is 1. The zero-order chi connectivity index (χ0) is 20.8. The van der Waals surface area contributed by atoms with Gasteiger partial charge in [-0.25, -0.2) is 4.98 Å². The predicted molar refractivity (Wildman–Crippen MR) is 108 cm³/mol. The van der Waals surface area contributed by atoms with Crippen molar-refractivity contribution in [2.24, 2.45) is 0 Å². The van der Waals surface area contributed by atoms with Crippen molar-refractivity contribution in [1.29, 1.82) is 0 Å². The maximum atomic E-state index is 12.1. The number of hydrogen-bond acceptors (Lipinski definition) is 6. The summed E-state index contributed by atoms with van der Waals surface area (Å²) in [6, 6.07) is 10.8. The Morgan fingerprint density at radius 3 is 2.48 bits per heavy atom. The van der Waals surface area contributed by atoms with Gasteiger partial charge in [-0.1, -0.05) is 12.1 Å². The number of aromatic amines is 1. The van der Waals surface area contributed by atoms with E-state index in [1.54, 1.807) is 0 Å². The molecule has 152 valence electrons. The number of carbonyl (C=O) groups is 2. The molecule has 3 aromatic rings. The topological polar surface area (TPSA) is 103 Å². The molecule has 1 aromatic heterocycles. The number of para-hydroxylation sites is 2. The highest BCUT2D eigenvalue weighted by molar-refractivity contribution is 5.97. The molecular weight excluding hydrogens is 374 g/mol. The summed E-state index contributed by atoms with van der Waals surface area (Å²) < 4.78 is 16.0. The average molecular weight is 397 g/mol. The van der Waals surface area contributed by atoms with Crippen molar-refractivity contribution < 1.29 is 23.8 Å². The van der Waals surface area contributed by atoms with Crippen molar-refractivity contribution in [1.82, 2.24) is 15.3 Å². The van der Waals surface area contributed by atoms with E-state index in [1.165, 1.54) is 33.3 Å². The molecule has 2 N–H and O–H groups in total. The van der Waals surface area contributed by atoms with E-state index >= 15 is 0 Å². The van der Waals surface area contributed by atoms with Crippen LogP contribution in [0.4, 0.5) is 0 Å². The lowest BCUT2D eigenvalue weighted by Crippen LogP contribution is -2.31. The van der Waals surface area contributed by atoms with Crippen molar-refractivity contribution in [2.75, 3.05) is 27.4 Å². The van der Waals surface area contributed by atoms with Crippen LogP contribution in [-0.2, 0) is 11.2 Å². The van der Waals surface area contributed by atoms with Gasteiger partial charge in [0.1, 0.15) is 11.6 Å². The number of methoxy groups -OCH3 is 2. The number of ketones is 1. The molecule has 1 heterocycles. The minimum atomic E-state index is -0.301. The summed E-state index contributed by atoms with van der Waals surface area (Å²) >= 11 is 0. The summed E-state index contributed by atoms with van der Waals surface area (Å²) in [6.45, 7) is 1.60. The molecule has 0 unspecified atom stereocenters. The molecular formula is C21H23N3O5. The van der Waals surface area contributed by atoms with Crippen LogP contribution in [0.15, 0.2) is 36.4 Å². The zero-order valence-corrected chi connectivity index (χ0v) is 16.6. The molecule has 1 amide bonds. The normalized spacial score (nSPS) is 10.6. The standard InChI is InChI=1S/C21H23N3O5/c1-13(25)14-10-18(27-2)19(28-3)11-17(14)29-12-21(26)22-9-8-20-23-15-6-4-5-7-16(15)24-20/h4-7,10-11H,8-9,12H2,1-3H3,(H,22,26)(H,23,24). The monoisotopic (exact) mass is 397 g/mol. The first-order valence-electron chi connectivity index (χ1n) is 9.12. The number of Topliss-reactive ketones (excluding diaryl/α,β-unsaturated/α-hetero) is 1. The van der Waals surface area contributed by atoms with Gasteiger partial charge in [0.15, 0.2) is 23.9 Å². The molecule has 0 aliphatic heterocycles. The number of hydrogen-bond donors (Lipinski definition) is 2. The number of carbonyl (C=O) groups excluding carboxylic acids is 2. The lowest BCUT2D eigenvalue weighted by Gasteiger charge is -2.14. The number of amides is 1. The first-order chi connectivity index (χ1) is 14.0. The minimum Gasteiger partial charge on any atom is -0.493 e. The Morgan fingerprint density at radius 2 is 1.79 bits per heavy atom. The summed E-state index contributed by atoms with van der Waals surface area (Å²) in [5.74, 6) is 1.39. The molecule has 0 saturated heterocycles. The van der Waals surface area contributed by atoms with Gasteiger partial charge >= 0.3 is 0 Å². The van der Waals surface area contributed by atoms with Gasteiger partial charge in [-0.2, -0.15) is 0 Å². The van der Waals surface area contributed by atoms with E-state index in [9.17, 15) is 9.59 Å². The second-order valence-electron chi connectivity index (χ2n) is 6.35. The van der Waals surface area contributed by atoms with Crippen molar-refractivity contribution in [3.63, 3.8) is 0 Å². The Hall–Kier alpha value is -3.55. The van der Waals surface area contributed by atoms with Gasteiger partial charge in [-0.05, 0) is 25.1 Å². The average Bonchev–Trinajstić information content (AvgIpc) is 3.14. The fraction of sp³-hybridized carbons (Fsp3) is 0.286. The van der Waals surface area contributed by atoms with Crippen LogP contribution in [0.3, 0.4) is 0 Å². The van der Waals surface area contributed by atoms with Crippen LogP contribution in [0.5, 0.6) is 17.2 Å². The summed E-state index contributed by atoms with van der Waals surface area (Å²) in [7, 11) is 2.97. The van der Waals surface area contributed by atoms with Gasteiger partial charge in [0, 0.05) is 19.0 Å². The number of H-pyrrole nitrogens is 1.